The minimum atomic E-state index is -0.186. The van der Waals surface area contributed by atoms with Crippen molar-refractivity contribution < 1.29 is 4.79 Å². The molecular weight excluding hydrogens is 432 g/mol. The maximum Gasteiger partial charge on any atom is 0.255 e. The first-order chi connectivity index (χ1) is 17.2. The largest absolute Gasteiger partial charge is 0.397 e. The van der Waals surface area contributed by atoms with E-state index in [0.717, 1.165) is 17.8 Å². The van der Waals surface area contributed by atoms with Gasteiger partial charge in [0, 0.05) is 17.9 Å². The number of nitrogens with one attached hydrogen (secondary N) is 2. The molecule has 2 atom stereocenters. The highest BCUT2D eigenvalue weighted by molar-refractivity contribution is 6.05. The van der Waals surface area contributed by atoms with Crippen molar-refractivity contribution in [1.82, 2.24) is 5.32 Å². The van der Waals surface area contributed by atoms with E-state index in [-0.39, 0.29) is 11.9 Å². The first-order valence-corrected chi connectivity index (χ1v) is 11.8. The summed E-state index contributed by atoms with van der Waals surface area (Å²) in [6.07, 6.45) is 0.864. The van der Waals surface area contributed by atoms with E-state index in [4.69, 9.17) is 10.7 Å². The van der Waals surface area contributed by atoms with E-state index in [0.29, 0.717) is 29.4 Å². The lowest BCUT2D eigenvalue weighted by molar-refractivity contribution is 0.102. The van der Waals surface area contributed by atoms with E-state index < -0.39 is 0 Å². The quantitative estimate of drug-likeness (QED) is 0.312. The molecule has 4 N–H and O–H groups in total. The maximum absolute atomic E-state index is 12.6. The molecule has 174 valence electrons. The number of rotatable bonds is 6. The van der Waals surface area contributed by atoms with Crippen LogP contribution >= 0.6 is 0 Å². The second kappa shape index (κ2) is 10.3. The molecule has 4 aromatic carbocycles. The number of nitrogens with zero attached hydrogens (tertiary/aromatic N) is 1. The molecule has 5 heteroatoms. The van der Waals surface area contributed by atoms with Crippen LogP contribution in [0.5, 0.6) is 0 Å². The molecule has 0 radical (unpaired) electrons. The summed E-state index contributed by atoms with van der Waals surface area (Å²) in [5, 5.41) is 6.52. The predicted octanol–water partition coefficient (Wildman–Crippen LogP) is 5.94. The van der Waals surface area contributed by atoms with Crippen LogP contribution in [0.1, 0.15) is 45.4 Å². The number of carbonyl (C=O) groups excluding carboxylic acids is 1. The van der Waals surface area contributed by atoms with Gasteiger partial charge < -0.3 is 16.4 Å². The summed E-state index contributed by atoms with van der Waals surface area (Å²) in [5.74, 6) is 1.15. The lowest BCUT2D eigenvalue weighted by Gasteiger charge is -2.20. The minimum absolute atomic E-state index is 0.186. The normalized spacial score (nSPS) is 18.2. The Morgan fingerprint density at radius 1 is 0.829 bits per heavy atom. The van der Waals surface area contributed by atoms with Gasteiger partial charge in [0.05, 0.1) is 29.8 Å². The summed E-state index contributed by atoms with van der Waals surface area (Å²) in [7, 11) is 0. The molecule has 35 heavy (non-hydrogen) atoms. The topological polar surface area (TPSA) is 79.5 Å². The highest BCUT2D eigenvalue weighted by Gasteiger charge is 2.33. The van der Waals surface area contributed by atoms with Gasteiger partial charge in [-0.15, -0.1) is 0 Å². The van der Waals surface area contributed by atoms with Crippen LogP contribution in [-0.4, -0.2) is 11.7 Å². The molecular formula is C30H28N4O. The van der Waals surface area contributed by atoms with Gasteiger partial charge in [0.2, 0.25) is 0 Å². The molecule has 0 unspecified atom stereocenters. The van der Waals surface area contributed by atoms with Crippen molar-refractivity contribution >= 4 is 23.1 Å². The summed E-state index contributed by atoms with van der Waals surface area (Å²) < 4.78 is 0. The van der Waals surface area contributed by atoms with E-state index in [2.05, 4.69) is 65.2 Å². The number of amides is 1. The average Bonchev–Trinajstić information content (AvgIpc) is 3.34. The van der Waals surface area contributed by atoms with Crippen molar-refractivity contribution in [2.75, 3.05) is 11.1 Å². The Morgan fingerprint density at radius 2 is 1.46 bits per heavy atom. The van der Waals surface area contributed by atoms with E-state index in [1.807, 2.05) is 42.5 Å². The van der Waals surface area contributed by atoms with Crippen LogP contribution in [0.25, 0.3) is 0 Å². The molecule has 0 spiro atoms. The Balaban J connectivity index is 1.28. The molecule has 1 aliphatic rings. The summed E-state index contributed by atoms with van der Waals surface area (Å²) in [6, 6.07) is 36.1. The number of carbonyl (C=O) groups is 1. The number of nitrogens with two attached hydrogens (primary N) is 1. The van der Waals surface area contributed by atoms with E-state index in [9.17, 15) is 4.79 Å². The van der Waals surface area contributed by atoms with Gasteiger partial charge in [0.25, 0.3) is 5.91 Å². The second-order valence-electron chi connectivity index (χ2n) is 8.76. The zero-order valence-electron chi connectivity index (χ0n) is 19.4. The monoisotopic (exact) mass is 460 g/mol. The molecule has 1 fully saturated rings. The van der Waals surface area contributed by atoms with Gasteiger partial charge in [-0.1, -0.05) is 84.9 Å². The molecule has 1 aliphatic heterocycles. The van der Waals surface area contributed by atoms with Crippen LogP contribution in [0.15, 0.2) is 114 Å². The Hall–Kier alpha value is -4.38. The molecule has 5 nitrogen and oxygen atoms in total. The van der Waals surface area contributed by atoms with Gasteiger partial charge in [-0.3, -0.25) is 9.79 Å². The van der Waals surface area contributed by atoms with Gasteiger partial charge >= 0.3 is 0 Å². The van der Waals surface area contributed by atoms with Crippen LogP contribution < -0.4 is 16.4 Å². The molecule has 4 aromatic rings. The summed E-state index contributed by atoms with van der Waals surface area (Å²) in [5.41, 5.74) is 11.3. The lowest BCUT2D eigenvalue weighted by Crippen LogP contribution is -2.20. The zero-order valence-corrected chi connectivity index (χ0v) is 19.4. The fourth-order valence-electron chi connectivity index (χ4n) is 4.52. The summed E-state index contributed by atoms with van der Waals surface area (Å²) in [4.78, 5) is 17.5. The van der Waals surface area contributed by atoms with Crippen LogP contribution in [0.4, 0.5) is 11.4 Å². The van der Waals surface area contributed by atoms with Crippen molar-refractivity contribution in [1.29, 1.82) is 0 Å². The third kappa shape index (κ3) is 5.25. The standard InChI is InChI=1S/C30H28N4O/c31-26-13-7-8-14-27(26)33-30(35)24-17-15-21(16-18-24)20-32-28-19-25(22-9-3-1-4-10-22)29(34-28)23-11-5-2-6-12-23/h1-18,25,29H,19-20,31H2,(H,32,34)(H,33,35)/t25-,29+/m0/s1. The van der Waals surface area contributed by atoms with E-state index in [1.54, 1.807) is 12.1 Å². The van der Waals surface area contributed by atoms with Crippen LogP contribution in [0.2, 0.25) is 0 Å². The van der Waals surface area contributed by atoms with Gasteiger partial charge in [-0.05, 0) is 41.0 Å². The van der Waals surface area contributed by atoms with E-state index in [1.165, 1.54) is 11.1 Å². The Bertz CT molecular complexity index is 1270. The van der Waals surface area contributed by atoms with E-state index >= 15 is 0 Å². The third-order valence-corrected chi connectivity index (χ3v) is 6.40. The van der Waals surface area contributed by atoms with Crippen LogP contribution in [0, 0.1) is 0 Å². The van der Waals surface area contributed by atoms with Gasteiger partial charge in [-0.25, -0.2) is 0 Å². The molecule has 0 bridgehead atoms. The Morgan fingerprint density at radius 3 is 2.14 bits per heavy atom. The summed E-state index contributed by atoms with van der Waals surface area (Å²) >= 11 is 0. The molecule has 5 rings (SSSR count). The Kier molecular flexibility index (Phi) is 6.57. The molecule has 1 saturated heterocycles. The second-order valence-corrected chi connectivity index (χ2v) is 8.76. The van der Waals surface area contributed by atoms with Crippen LogP contribution in [0.3, 0.4) is 0 Å². The van der Waals surface area contributed by atoms with Crippen molar-refractivity contribution in [3.8, 4) is 0 Å². The van der Waals surface area contributed by atoms with Gasteiger partial charge in [0.1, 0.15) is 0 Å². The molecule has 1 heterocycles. The SMILES string of the molecule is Nc1ccccc1NC(=O)c1ccc(CN=C2C[C@@H](c3ccccc3)[C@@H](c3ccccc3)N2)cc1. The van der Waals surface area contributed by atoms with Crippen molar-refractivity contribution in [3.63, 3.8) is 0 Å². The van der Waals surface area contributed by atoms with Gasteiger partial charge in [0.15, 0.2) is 0 Å². The van der Waals surface area contributed by atoms with Gasteiger partial charge in [-0.2, -0.15) is 0 Å². The number of benzene rings is 4. The fourth-order valence-corrected chi connectivity index (χ4v) is 4.52. The summed E-state index contributed by atoms with van der Waals surface area (Å²) in [6.45, 7) is 0.554. The molecule has 0 saturated carbocycles. The number of anilines is 2. The molecule has 1 amide bonds. The molecule has 0 aromatic heterocycles. The zero-order chi connectivity index (χ0) is 24.0. The number of aliphatic imine (C=N–C) groups is 1. The minimum Gasteiger partial charge on any atom is -0.397 e. The number of amidine groups is 1. The number of para-hydroxylation sites is 2. The Labute approximate surface area is 205 Å². The van der Waals surface area contributed by atoms with Crippen molar-refractivity contribution in [3.05, 3.63) is 131 Å². The highest BCUT2D eigenvalue weighted by Crippen LogP contribution is 2.38. The smallest absolute Gasteiger partial charge is 0.255 e. The number of hydrogen-bond donors (Lipinski definition) is 3. The van der Waals surface area contributed by atoms with Crippen molar-refractivity contribution in [2.24, 2.45) is 4.99 Å². The van der Waals surface area contributed by atoms with Crippen LogP contribution in [-0.2, 0) is 6.54 Å². The highest BCUT2D eigenvalue weighted by atomic mass is 16.1. The number of hydrogen-bond acceptors (Lipinski definition) is 3. The third-order valence-electron chi connectivity index (χ3n) is 6.40. The first-order valence-electron chi connectivity index (χ1n) is 11.8. The average molecular weight is 461 g/mol. The fraction of sp³-hybridized carbons (Fsp3) is 0.133. The lowest BCUT2D eigenvalue weighted by atomic mass is 9.88. The number of nitrogen functional groups attached to an aromatic ring is 1. The first kappa shape index (κ1) is 22.4. The maximum atomic E-state index is 12.6. The molecule has 0 aliphatic carbocycles. The van der Waals surface area contributed by atoms with Crippen molar-refractivity contribution in [2.45, 2.75) is 24.9 Å². The predicted molar refractivity (Wildman–Crippen MR) is 143 cm³/mol.